The van der Waals surface area contributed by atoms with Crippen molar-refractivity contribution in [3.05, 3.63) is 0 Å². The van der Waals surface area contributed by atoms with Gasteiger partial charge in [0.1, 0.15) is 5.78 Å². The van der Waals surface area contributed by atoms with Crippen molar-refractivity contribution < 1.29 is 17.9 Å². The summed E-state index contributed by atoms with van der Waals surface area (Å²) < 4.78 is 29.1. The second kappa shape index (κ2) is 5.61. The lowest BCUT2D eigenvalue weighted by Crippen LogP contribution is -2.45. The van der Waals surface area contributed by atoms with Gasteiger partial charge in [0.15, 0.2) is 9.84 Å². The van der Waals surface area contributed by atoms with Crippen LogP contribution in [0.2, 0.25) is 0 Å². The normalized spacial score (nSPS) is 36.0. The topological polar surface area (TPSA) is 60.4 Å². The first kappa shape index (κ1) is 14.9. The first-order valence-electron chi connectivity index (χ1n) is 7.46. The van der Waals surface area contributed by atoms with Crippen LogP contribution in [0.1, 0.15) is 32.1 Å². The Morgan fingerprint density at radius 2 is 1.90 bits per heavy atom. The predicted molar refractivity (Wildman–Crippen MR) is 79.7 cm³/mol. The van der Waals surface area contributed by atoms with Crippen molar-refractivity contribution in [2.24, 2.45) is 11.8 Å². The van der Waals surface area contributed by atoms with Gasteiger partial charge in [-0.25, -0.2) is 8.42 Å². The molecule has 0 N–H and O–H groups in total. The Hall–Kier alpha value is -0.0700. The molecule has 0 radical (unpaired) electrons. The van der Waals surface area contributed by atoms with Crippen LogP contribution in [0.5, 0.6) is 0 Å². The fourth-order valence-electron chi connectivity index (χ4n) is 3.72. The molecule has 0 bridgehead atoms. The molecule has 3 aliphatic heterocycles. The average molecular weight is 318 g/mol. The van der Waals surface area contributed by atoms with E-state index >= 15 is 0 Å². The summed E-state index contributed by atoms with van der Waals surface area (Å²) in [5, 5.41) is 0. The summed E-state index contributed by atoms with van der Waals surface area (Å²) in [5.41, 5.74) is -0.0959. The molecule has 3 saturated heterocycles. The van der Waals surface area contributed by atoms with Crippen LogP contribution in [0.4, 0.5) is 0 Å². The second-order valence-electron chi connectivity index (χ2n) is 6.34. The van der Waals surface area contributed by atoms with Crippen molar-refractivity contribution in [3.8, 4) is 0 Å². The summed E-state index contributed by atoms with van der Waals surface area (Å²) in [6.45, 7) is 0.653. The number of Topliss-reactive ketones (excluding diaryl/α,β-unsaturated/α-hetero) is 1. The van der Waals surface area contributed by atoms with Crippen molar-refractivity contribution in [1.29, 1.82) is 0 Å². The highest BCUT2D eigenvalue weighted by atomic mass is 32.2. The number of carbonyl (C=O) groups excluding carboxylic acids is 1. The lowest BCUT2D eigenvalue weighted by Gasteiger charge is -2.43. The van der Waals surface area contributed by atoms with E-state index in [1.54, 1.807) is 0 Å². The van der Waals surface area contributed by atoms with E-state index in [2.05, 4.69) is 0 Å². The summed E-state index contributed by atoms with van der Waals surface area (Å²) in [4.78, 5) is 12.6. The summed E-state index contributed by atoms with van der Waals surface area (Å²) in [7, 11) is -2.97. The van der Waals surface area contributed by atoms with Crippen molar-refractivity contribution in [2.75, 3.05) is 29.6 Å². The Balaban J connectivity index is 1.66. The first-order valence-corrected chi connectivity index (χ1v) is 10.4. The number of carbonyl (C=O) groups is 1. The summed E-state index contributed by atoms with van der Waals surface area (Å²) in [6.07, 6.45) is 4.17. The van der Waals surface area contributed by atoms with Gasteiger partial charge >= 0.3 is 0 Å². The van der Waals surface area contributed by atoms with Gasteiger partial charge in [-0.3, -0.25) is 4.79 Å². The highest BCUT2D eigenvalue weighted by Crippen LogP contribution is 2.41. The molecule has 6 heteroatoms. The van der Waals surface area contributed by atoms with Gasteiger partial charge in [0, 0.05) is 18.4 Å². The van der Waals surface area contributed by atoms with Gasteiger partial charge in [-0.05, 0) is 43.6 Å². The smallest absolute Gasteiger partial charge is 0.151 e. The van der Waals surface area contributed by atoms with Crippen LogP contribution in [0.25, 0.3) is 0 Å². The van der Waals surface area contributed by atoms with E-state index < -0.39 is 9.84 Å². The Kier molecular flexibility index (Phi) is 4.17. The maximum absolute atomic E-state index is 12.6. The average Bonchev–Trinajstić information content (AvgIpc) is 2.79. The largest absolute Gasteiger partial charge is 0.375 e. The van der Waals surface area contributed by atoms with Crippen molar-refractivity contribution in [1.82, 2.24) is 0 Å². The third kappa shape index (κ3) is 3.07. The van der Waals surface area contributed by atoms with Gasteiger partial charge in [-0.2, -0.15) is 11.8 Å². The zero-order valence-electron chi connectivity index (χ0n) is 11.7. The van der Waals surface area contributed by atoms with Gasteiger partial charge in [-0.1, -0.05) is 0 Å². The first-order chi connectivity index (χ1) is 9.50. The van der Waals surface area contributed by atoms with Gasteiger partial charge in [0.25, 0.3) is 0 Å². The van der Waals surface area contributed by atoms with Crippen LogP contribution in [0.15, 0.2) is 0 Å². The highest BCUT2D eigenvalue weighted by molar-refractivity contribution is 7.99. The van der Waals surface area contributed by atoms with Crippen LogP contribution < -0.4 is 0 Å². The van der Waals surface area contributed by atoms with Crippen molar-refractivity contribution in [2.45, 2.75) is 37.7 Å². The van der Waals surface area contributed by atoms with E-state index in [1.165, 1.54) is 0 Å². The van der Waals surface area contributed by atoms with E-state index in [1.807, 2.05) is 11.8 Å². The number of hydrogen-bond acceptors (Lipinski definition) is 5. The summed E-state index contributed by atoms with van der Waals surface area (Å²) >= 11 is 1.95. The van der Waals surface area contributed by atoms with Crippen molar-refractivity contribution >= 4 is 27.4 Å². The molecule has 0 aromatic heterocycles. The lowest BCUT2D eigenvalue weighted by atomic mass is 9.77. The minimum absolute atomic E-state index is 0.0187. The number of ketones is 1. The maximum Gasteiger partial charge on any atom is 0.151 e. The minimum Gasteiger partial charge on any atom is -0.375 e. The zero-order chi connectivity index (χ0) is 14.2. The molecular weight excluding hydrogens is 296 g/mol. The molecule has 0 aromatic rings. The molecule has 20 heavy (non-hydrogen) atoms. The maximum atomic E-state index is 12.6. The van der Waals surface area contributed by atoms with Crippen LogP contribution in [-0.2, 0) is 19.4 Å². The van der Waals surface area contributed by atoms with E-state index in [0.29, 0.717) is 13.0 Å². The molecule has 0 saturated carbocycles. The molecule has 0 amide bonds. The predicted octanol–water partition coefficient (Wildman–Crippen LogP) is 1.68. The highest BCUT2D eigenvalue weighted by Gasteiger charge is 2.44. The number of ether oxygens (including phenoxy) is 1. The third-order valence-corrected chi connectivity index (χ3v) is 7.69. The molecule has 3 fully saturated rings. The van der Waals surface area contributed by atoms with E-state index in [9.17, 15) is 13.2 Å². The number of rotatable bonds is 2. The molecule has 4 nitrogen and oxygen atoms in total. The van der Waals surface area contributed by atoms with Gasteiger partial charge in [0.2, 0.25) is 0 Å². The molecule has 2 atom stereocenters. The molecule has 3 heterocycles. The molecule has 0 aliphatic carbocycles. The van der Waals surface area contributed by atoms with E-state index in [-0.39, 0.29) is 34.7 Å². The lowest BCUT2D eigenvalue weighted by molar-refractivity contribution is -0.141. The fraction of sp³-hybridized carbons (Fsp3) is 0.929. The number of hydrogen-bond donors (Lipinski definition) is 0. The standard InChI is InChI=1S/C14H22O4S2/c15-13(12-2-8-20(16,17)10-12)11-1-5-18-14(9-11)3-6-19-7-4-14/h11-12H,1-10H2. The molecule has 3 rings (SSSR count). The molecular formula is C14H22O4S2. The molecule has 114 valence electrons. The Bertz CT molecular complexity index is 474. The Labute approximate surface area is 124 Å². The Morgan fingerprint density at radius 1 is 1.15 bits per heavy atom. The monoisotopic (exact) mass is 318 g/mol. The SMILES string of the molecule is O=C(C1CCOC2(CCSCC2)C1)C1CCS(=O)(=O)C1. The van der Waals surface area contributed by atoms with Gasteiger partial charge in [0.05, 0.1) is 17.1 Å². The number of thioether (sulfide) groups is 1. The summed E-state index contributed by atoms with van der Waals surface area (Å²) in [5.74, 6) is 2.44. The zero-order valence-corrected chi connectivity index (χ0v) is 13.3. The third-order valence-electron chi connectivity index (χ3n) is 4.93. The van der Waals surface area contributed by atoms with Crippen LogP contribution in [-0.4, -0.2) is 49.4 Å². The molecule has 3 aliphatic rings. The second-order valence-corrected chi connectivity index (χ2v) is 9.79. The summed E-state index contributed by atoms with van der Waals surface area (Å²) in [6, 6.07) is 0. The van der Waals surface area contributed by atoms with Crippen LogP contribution in [0, 0.1) is 11.8 Å². The quantitative estimate of drug-likeness (QED) is 0.775. The molecule has 1 spiro atoms. The van der Waals surface area contributed by atoms with Crippen molar-refractivity contribution in [3.63, 3.8) is 0 Å². The van der Waals surface area contributed by atoms with Gasteiger partial charge in [-0.15, -0.1) is 0 Å². The minimum atomic E-state index is -2.97. The fourth-order valence-corrected chi connectivity index (χ4v) is 6.71. The number of sulfone groups is 1. The Morgan fingerprint density at radius 3 is 2.55 bits per heavy atom. The molecule has 2 unspecified atom stereocenters. The van der Waals surface area contributed by atoms with E-state index in [0.717, 1.165) is 37.2 Å². The molecule has 0 aromatic carbocycles. The van der Waals surface area contributed by atoms with Gasteiger partial charge < -0.3 is 4.74 Å². The van der Waals surface area contributed by atoms with E-state index in [4.69, 9.17) is 4.74 Å². The van der Waals surface area contributed by atoms with Crippen LogP contribution in [0.3, 0.4) is 0 Å². The van der Waals surface area contributed by atoms with Crippen LogP contribution >= 0.6 is 11.8 Å².